The predicted molar refractivity (Wildman–Crippen MR) is 109 cm³/mol. The number of benzene rings is 2. The minimum Gasteiger partial charge on any atom is -0.313 e. The van der Waals surface area contributed by atoms with Crippen molar-refractivity contribution in [2.24, 2.45) is 15.0 Å². The minimum atomic E-state index is -0.564. The van der Waals surface area contributed by atoms with Gasteiger partial charge in [0.25, 0.3) is 0 Å². The number of amidine groups is 1. The van der Waals surface area contributed by atoms with Gasteiger partial charge in [-0.15, -0.1) is 0 Å². The molecular weight excluding hydrogens is 385 g/mol. The van der Waals surface area contributed by atoms with Gasteiger partial charge in [0.15, 0.2) is 5.84 Å². The van der Waals surface area contributed by atoms with Gasteiger partial charge in [-0.25, -0.2) is 9.79 Å². The first kappa shape index (κ1) is 17.5. The summed E-state index contributed by atoms with van der Waals surface area (Å²) in [5.74, 6) is 0.780. The van der Waals surface area contributed by atoms with Crippen molar-refractivity contribution in [3.63, 3.8) is 0 Å². The molecule has 0 saturated heterocycles. The summed E-state index contributed by atoms with van der Waals surface area (Å²) >= 11 is 11.9. The number of hydrogen-bond acceptors (Lipinski definition) is 3. The molecule has 134 valence electrons. The van der Waals surface area contributed by atoms with E-state index in [4.69, 9.17) is 23.2 Å². The predicted octanol–water partition coefficient (Wildman–Crippen LogP) is 4.74. The molecule has 0 spiro atoms. The summed E-state index contributed by atoms with van der Waals surface area (Å²) in [6.07, 6.45) is 5.38. The first-order valence-corrected chi connectivity index (χ1v) is 8.85. The number of halogens is 2. The van der Waals surface area contributed by atoms with Gasteiger partial charge in [0.05, 0.1) is 16.6 Å². The number of amides is 2. The number of hydrogen-bond donors (Lipinski definition) is 1. The van der Waals surface area contributed by atoms with E-state index in [1.54, 1.807) is 24.4 Å². The summed E-state index contributed by atoms with van der Waals surface area (Å²) in [5.41, 5.74) is 2.28. The molecule has 0 atom stereocenters. The number of fused-ring (bicyclic) bond motifs is 2. The molecular formula is C19H13Cl2N5O. The first-order chi connectivity index (χ1) is 13.1. The second kappa shape index (κ2) is 7.34. The zero-order valence-electron chi connectivity index (χ0n) is 13.9. The quantitative estimate of drug-likeness (QED) is 0.754. The van der Waals surface area contributed by atoms with Crippen molar-refractivity contribution in [1.82, 2.24) is 4.90 Å². The second-order valence-corrected chi connectivity index (χ2v) is 6.63. The highest BCUT2D eigenvalue weighted by atomic mass is 35.5. The van der Waals surface area contributed by atoms with Crippen LogP contribution in [0.1, 0.15) is 11.1 Å². The molecule has 0 aromatic heterocycles. The molecule has 0 bridgehead atoms. The SMILES string of the molecule is O=C(/N=C1/N=C2N=CC=CN2Cc2ccccc21)Nc1ccc(Cl)c(Cl)c1. The van der Waals surface area contributed by atoms with Gasteiger partial charge in [0.1, 0.15) is 0 Å². The van der Waals surface area contributed by atoms with Crippen molar-refractivity contribution >= 4 is 52.9 Å². The molecule has 0 saturated carbocycles. The molecule has 1 N–H and O–H groups in total. The lowest BCUT2D eigenvalue weighted by atomic mass is 10.1. The van der Waals surface area contributed by atoms with Gasteiger partial charge in [0.2, 0.25) is 5.96 Å². The zero-order chi connectivity index (χ0) is 18.8. The Morgan fingerprint density at radius 3 is 2.85 bits per heavy atom. The number of anilines is 1. The van der Waals surface area contributed by atoms with Gasteiger partial charge in [0, 0.05) is 23.7 Å². The monoisotopic (exact) mass is 397 g/mol. The van der Waals surface area contributed by atoms with Crippen LogP contribution in [0.5, 0.6) is 0 Å². The molecule has 0 radical (unpaired) electrons. The molecule has 2 aromatic rings. The molecule has 8 heteroatoms. The summed E-state index contributed by atoms with van der Waals surface area (Å²) < 4.78 is 0. The van der Waals surface area contributed by atoms with E-state index < -0.39 is 6.03 Å². The zero-order valence-corrected chi connectivity index (χ0v) is 15.4. The van der Waals surface area contributed by atoms with Gasteiger partial charge in [-0.05, 0) is 29.8 Å². The molecule has 0 unspecified atom stereocenters. The Morgan fingerprint density at radius 1 is 1.15 bits per heavy atom. The number of carbonyl (C=O) groups is 1. The molecule has 0 fully saturated rings. The average Bonchev–Trinajstić information content (AvgIpc) is 2.81. The molecule has 4 rings (SSSR count). The lowest BCUT2D eigenvalue weighted by molar-refractivity contribution is 0.259. The van der Waals surface area contributed by atoms with E-state index in [-0.39, 0.29) is 0 Å². The van der Waals surface area contributed by atoms with E-state index in [2.05, 4.69) is 20.3 Å². The first-order valence-electron chi connectivity index (χ1n) is 8.09. The number of nitrogens with one attached hydrogen (secondary N) is 1. The fourth-order valence-electron chi connectivity index (χ4n) is 2.73. The van der Waals surface area contributed by atoms with Crippen LogP contribution in [-0.2, 0) is 6.54 Å². The number of carbonyl (C=O) groups excluding carboxylic acids is 1. The highest BCUT2D eigenvalue weighted by Crippen LogP contribution is 2.25. The molecule has 2 amide bonds. The molecule has 2 aliphatic rings. The van der Waals surface area contributed by atoms with Crippen LogP contribution >= 0.6 is 23.2 Å². The Labute approximate surface area is 165 Å². The number of aliphatic imine (C=N–C) groups is 3. The normalized spacial score (nSPS) is 16.4. The van der Waals surface area contributed by atoms with Crippen LogP contribution in [0.25, 0.3) is 0 Å². The Kier molecular flexibility index (Phi) is 4.75. The molecule has 2 aliphatic heterocycles. The number of allylic oxidation sites excluding steroid dienone is 1. The molecule has 2 aromatic carbocycles. The van der Waals surface area contributed by atoms with Crippen molar-refractivity contribution in [3.05, 3.63) is 75.9 Å². The number of rotatable bonds is 1. The third kappa shape index (κ3) is 3.77. The lowest BCUT2D eigenvalue weighted by Crippen LogP contribution is -2.25. The third-order valence-corrected chi connectivity index (χ3v) is 4.72. The van der Waals surface area contributed by atoms with Crippen molar-refractivity contribution in [2.75, 3.05) is 5.32 Å². The average molecular weight is 398 g/mol. The maximum Gasteiger partial charge on any atom is 0.347 e. The molecule has 0 aliphatic carbocycles. The van der Waals surface area contributed by atoms with Crippen molar-refractivity contribution in [3.8, 4) is 0 Å². The van der Waals surface area contributed by atoms with Gasteiger partial charge in [-0.3, -0.25) is 0 Å². The number of urea groups is 1. The molecule has 6 nitrogen and oxygen atoms in total. The molecule has 2 heterocycles. The third-order valence-electron chi connectivity index (χ3n) is 3.98. The highest BCUT2D eigenvalue weighted by molar-refractivity contribution is 6.42. The Hall–Kier alpha value is -2.96. The van der Waals surface area contributed by atoms with Crippen molar-refractivity contribution < 1.29 is 4.79 Å². The van der Waals surface area contributed by atoms with Crippen LogP contribution in [0.2, 0.25) is 10.0 Å². The summed E-state index contributed by atoms with van der Waals surface area (Å²) in [4.78, 5) is 27.3. The summed E-state index contributed by atoms with van der Waals surface area (Å²) in [5, 5.41) is 3.43. The van der Waals surface area contributed by atoms with E-state index in [0.717, 1.165) is 11.1 Å². The van der Waals surface area contributed by atoms with Crippen molar-refractivity contribution in [1.29, 1.82) is 0 Å². The summed E-state index contributed by atoms with van der Waals surface area (Å²) in [6.45, 7) is 0.594. The van der Waals surface area contributed by atoms with Crippen LogP contribution in [0, 0.1) is 0 Å². The Morgan fingerprint density at radius 2 is 2.00 bits per heavy atom. The lowest BCUT2D eigenvalue weighted by Gasteiger charge is -2.19. The second-order valence-electron chi connectivity index (χ2n) is 5.81. The van der Waals surface area contributed by atoms with Crippen molar-refractivity contribution in [2.45, 2.75) is 6.54 Å². The summed E-state index contributed by atoms with van der Waals surface area (Å²) in [6, 6.07) is 11.9. The van der Waals surface area contributed by atoms with Gasteiger partial charge < -0.3 is 10.2 Å². The van der Waals surface area contributed by atoms with Gasteiger partial charge >= 0.3 is 6.03 Å². The van der Waals surface area contributed by atoms with E-state index in [0.29, 0.717) is 34.1 Å². The standard InChI is InChI=1S/C19H13Cl2N5O/c20-15-7-6-13(10-16(15)21)23-19(27)25-17-14-5-2-1-4-12(14)11-26-9-3-8-22-18(26)24-17/h1-10H,11H2,(H,23,27)/b25-17+. The van der Waals surface area contributed by atoms with E-state index in [9.17, 15) is 4.79 Å². The van der Waals surface area contributed by atoms with Crippen LogP contribution in [0.4, 0.5) is 10.5 Å². The maximum atomic E-state index is 12.4. The molecule has 27 heavy (non-hydrogen) atoms. The van der Waals surface area contributed by atoms with Crippen LogP contribution in [-0.4, -0.2) is 28.9 Å². The fraction of sp³-hybridized carbons (Fsp3) is 0.0526. The van der Waals surface area contributed by atoms with Crippen LogP contribution in [0.3, 0.4) is 0 Å². The largest absolute Gasteiger partial charge is 0.347 e. The van der Waals surface area contributed by atoms with E-state index >= 15 is 0 Å². The topological polar surface area (TPSA) is 69.4 Å². The minimum absolute atomic E-state index is 0.299. The fourth-order valence-corrected chi connectivity index (χ4v) is 3.03. The summed E-state index contributed by atoms with van der Waals surface area (Å²) in [7, 11) is 0. The van der Waals surface area contributed by atoms with Gasteiger partial charge in [-0.2, -0.15) is 9.98 Å². The smallest absolute Gasteiger partial charge is 0.313 e. The van der Waals surface area contributed by atoms with E-state index in [1.807, 2.05) is 41.4 Å². The Bertz CT molecular complexity index is 1040. The van der Waals surface area contributed by atoms with E-state index in [1.165, 1.54) is 0 Å². The van der Waals surface area contributed by atoms with Crippen LogP contribution in [0.15, 0.2) is 69.7 Å². The Balaban J connectivity index is 1.69. The van der Waals surface area contributed by atoms with Crippen LogP contribution < -0.4 is 5.32 Å². The number of nitrogens with zero attached hydrogens (tertiary/aromatic N) is 4. The number of guanidine groups is 1. The van der Waals surface area contributed by atoms with Gasteiger partial charge in [-0.1, -0.05) is 47.5 Å². The highest BCUT2D eigenvalue weighted by Gasteiger charge is 2.21. The maximum absolute atomic E-state index is 12.4.